The maximum Gasteiger partial charge on any atom is 0.319 e. The van der Waals surface area contributed by atoms with Gasteiger partial charge in [0, 0.05) is 119 Å². The average Bonchev–Trinajstić information content (AvgIpc) is 4.35. The van der Waals surface area contributed by atoms with Gasteiger partial charge in [0.15, 0.2) is 5.82 Å². The Hall–Kier alpha value is -6.68. The molecule has 18 heteroatoms. The topological polar surface area (TPSA) is 166 Å². The number of methoxy groups -OCH3 is 1. The van der Waals surface area contributed by atoms with Crippen LogP contribution in [-0.2, 0) is 20.9 Å². The number of imide groups is 1. The van der Waals surface area contributed by atoms with Gasteiger partial charge < -0.3 is 43.8 Å². The summed E-state index contributed by atoms with van der Waals surface area (Å²) < 4.78 is 51.5. The number of piperazine rings is 1. The fourth-order valence-corrected chi connectivity index (χ4v) is 12.8. The number of aromatic hydroxyl groups is 1. The number of carbonyl (C=O) groups is 3. The third-order valence-corrected chi connectivity index (χ3v) is 17.3. The molecule has 8 aliphatic rings. The fraction of sp³-hybridized carbons (Fsp3) is 0.491. The third kappa shape index (κ3) is 7.79. The summed E-state index contributed by atoms with van der Waals surface area (Å²) in [4.78, 5) is 63.4. The van der Waals surface area contributed by atoms with Gasteiger partial charge in [-0.2, -0.15) is 9.97 Å². The molecule has 0 radical (unpaired) electrons. The Morgan fingerprint density at radius 2 is 1.71 bits per heavy atom. The molecule has 2 aromatic heterocycles. The zero-order chi connectivity index (χ0) is 50.0. The summed E-state index contributed by atoms with van der Waals surface area (Å²) in [5.41, 5.74) is 1.86. The first-order chi connectivity index (χ1) is 35.4. The van der Waals surface area contributed by atoms with Gasteiger partial charge in [0.1, 0.15) is 40.0 Å². The molecule has 73 heavy (non-hydrogen) atoms. The monoisotopic (exact) mass is 993 g/mol. The van der Waals surface area contributed by atoms with Crippen molar-refractivity contribution in [3.63, 3.8) is 0 Å². The number of pyridine rings is 1. The van der Waals surface area contributed by atoms with Crippen LogP contribution in [0, 0.1) is 35.3 Å². The van der Waals surface area contributed by atoms with Crippen molar-refractivity contribution < 1.29 is 42.5 Å². The zero-order valence-corrected chi connectivity index (χ0v) is 40.9. The number of halogens is 2. The van der Waals surface area contributed by atoms with Crippen molar-refractivity contribution in [3.8, 4) is 41.2 Å². The highest BCUT2D eigenvalue weighted by Gasteiger charge is 2.88. The number of terminal acetylenes is 1. The number of phenols is 1. The molecule has 0 unspecified atom stereocenters. The summed E-state index contributed by atoms with van der Waals surface area (Å²) in [5, 5.41) is 14.2. The van der Waals surface area contributed by atoms with Crippen LogP contribution < -0.4 is 24.6 Å². The predicted molar refractivity (Wildman–Crippen MR) is 266 cm³/mol. The zero-order valence-electron chi connectivity index (χ0n) is 40.9. The maximum atomic E-state index is 17.5. The van der Waals surface area contributed by atoms with Crippen molar-refractivity contribution in [1.29, 1.82) is 0 Å². The van der Waals surface area contributed by atoms with E-state index in [-0.39, 0.29) is 80.2 Å². The standard InChI is InChI=1S/C55H57F2N9O7/c1-3-37-40(56)8-5-33-24-36(67)25-39(43(33)37)46-45(57)47-44(50(59-46)71-2)48(66-15-4-22-73-55-28-54(55,66)29-55)61-52(60-47)72-31-53(13-14-53)30-63-20-18-62(19-21-63)26-32-11-16-64(17-12-32)35-6-7-38-34(23-35)27-65(51(38)70)41-9-10-42(68)58-49(41)69/h1,5-8,23-25,32,41,67H,4,9-22,26-31H2,2H3,(H,58,68,69)/t41-,54?,55?/m1/s1. The number of ether oxygens (including phenoxy) is 3. The number of nitrogens with one attached hydrogen (secondary N) is 1. The molecule has 2 N–H and O–H groups in total. The van der Waals surface area contributed by atoms with Crippen LogP contribution in [0.4, 0.5) is 20.3 Å². The summed E-state index contributed by atoms with van der Waals surface area (Å²) in [6.07, 6.45) is 13.0. The van der Waals surface area contributed by atoms with Gasteiger partial charge in [-0.3, -0.25) is 19.7 Å². The first-order valence-electron chi connectivity index (χ1n) is 25.8. The second kappa shape index (κ2) is 17.2. The second-order valence-corrected chi connectivity index (χ2v) is 21.8. The number of amides is 3. The molecule has 378 valence electrons. The number of carbonyl (C=O) groups excluding carboxylic acids is 3. The number of phenolic OH excluding ortho intramolecular Hbond substituents is 1. The lowest BCUT2D eigenvalue weighted by Gasteiger charge is -2.40. The molecule has 1 atom stereocenters. The number of nitrogens with zero attached hydrogens (tertiary/aromatic N) is 8. The lowest BCUT2D eigenvalue weighted by molar-refractivity contribution is -0.136. The van der Waals surface area contributed by atoms with Gasteiger partial charge in [-0.1, -0.05) is 12.0 Å². The molecular formula is C55H57F2N9O7. The highest BCUT2D eigenvalue weighted by Crippen LogP contribution is 2.77. The molecule has 7 heterocycles. The quantitative estimate of drug-likeness (QED) is 0.114. The van der Waals surface area contributed by atoms with Crippen LogP contribution in [0.1, 0.15) is 79.3 Å². The fourth-order valence-electron chi connectivity index (χ4n) is 12.8. The van der Waals surface area contributed by atoms with E-state index in [0.717, 1.165) is 109 Å². The lowest BCUT2D eigenvalue weighted by atomic mass is 9.95. The highest BCUT2D eigenvalue weighted by atomic mass is 19.1. The van der Waals surface area contributed by atoms with Crippen molar-refractivity contribution in [1.82, 2.24) is 35.0 Å². The van der Waals surface area contributed by atoms with Gasteiger partial charge in [0.2, 0.25) is 17.7 Å². The molecule has 4 saturated heterocycles. The Labute approximate surface area is 420 Å². The molecule has 7 fully saturated rings. The van der Waals surface area contributed by atoms with E-state index in [1.54, 1.807) is 4.90 Å². The smallest absolute Gasteiger partial charge is 0.319 e. The van der Waals surface area contributed by atoms with Crippen LogP contribution in [0.25, 0.3) is 32.9 Å². The van der Waals surface area contributed by atoms with Crippen LogP contribution in [0.5, 0.6) is 17.6 Å². The van der Waals surface area contributed by atoms with Gasteiger partial charge in [0.25, 0.3) is 5.91 Å². The van der Waals surface area contributed by atoms with Crippen molar-refractivity contribution in [2.24, 2.45) is 11.3 Å². The molecule has 0 spiro atoms. The van der Waals surface area contributed by atoms with Crippen molar-refractivity contribution in [3.05, 3.63) is 70.8 Å². The summed E-state index contributed by atoms with van der Waals surface area (Å²) in [6.45, 7) is 9.69. The normalized spacial score (nSPS) is 25.8. The van der Waals surface area contributed by atoms with Crippen LogP contribution >= 0.6 is 0 Å². The molecule has 16 nitrogen and oxygen atoms in total. The minimum Gasteiger partial charge on any atom is -0.508 e. The van der Waals surface area contributed by atoms with Crippen LogP contribution in [-0.4, -0.2) is 149 Å². The minimum absolute atomic E-state index is 0.0510. The molecular weight excluding hydrogens is 937 g/mol. The number of rotatable bonds is 12. The van der Waals surface area contributed by atoms with E-state index in [9.17, 15) is 19.5 Å². The van der Waals surface area contributed by atoms with E-state index < -0.39 is 23.6 Å². The SMILES string of the molecule is C#Cc1c(F)ccc2cc(O)cc(-c3nc(OC)c4c(N5CCCOC67CC56C7)nc(OCC5(CN6CCN(CC7CCN(c8ccc9c(c8)CN([C@@H]8CCC(=O)NC8=O)C9=O)CC7)CC6)CC5)nc4c3F)c12. The third-order valence-electron chi connectivity index (χ3n) is 17.3. The summed E-state index contributed by atoms with van der Waals surface area (Å²) in [5.74, 6) is 1.11. The Kier molecular flexibility index (Phi) is 10.9. The maximum absolute atomic E-state index is 17.5. The van der Waals surface area contributed by atoms with Crippen molar-refractivity contribution in [2.45, 2.75) is 81.5 Å². The van der Waals surface area contributed by atoms with Crippen LogP contribution in [0.15, 0.2) is 42.5 Å². The number of aromatic nitrogens is 3. The van der Waals surface area contributed by atoms with E-state index in [1.165, 1.54) is 31.4 Å². The van der Waals surface area contributed by atoms with Crippen LogP contribution in [0.2, 0.25) is 0 Å². The van der Waals surface area contributed by atoms with E-state index in [1.807, 2.05) is 12.1 Å². The molecule has 3 aliphatic carbocycles. The Morgan fingerprint density at radius 3 is 2.47 bits per heavy atom. The number of benzene rings is 3. The van der Waals surface area contributed by atoms with E-state index in [2.05, 4.69) is 36.9 Å². The number of piperidine rings is 2. The molecule has 13 rings (SSSR count). The van der Waals surface area contributed by atoms with E-state index >= 15 is 8.78 Å². The number of hydrogen-bond acceptors (Lipinski definition) is 14. The number of hydrogen-bond donors (Lipinski definition) is 2. The number of anilines is 2. The first kappa shape index (κ1) is 46.1. The summed E-state index contributed by atoms with van der Waals surface area (Å²) >= 11 is 0. The Bertz CT molecular complexity index is 3190. The summed E-state index contributed by atoms with van der Waals surface area (Å²) in [6, 6.07) is 10.9. The Morgan fingerprint density at radius 1 is 0.918 bits per heavy atom. The van der Waals surface area contributed by atoms with Gasteiger partial charge in [-0.25, -0.2) is 13.8 Å². The lowest BCUT2D eigenvalue weighted by Crippen LogP contribution is -2.52. The van der Waals surface area contributed by atoms with Gasteiger partial charge in [-0.05, 0) is 91.8 Å². The molecule has 0 bridgehead atoms. The molecule has 3 aromatic carbocycles. The van der Waals surface area contributed by atoms with Crippen molar-refractivity contribution in [2.75, 3.05) is 89.0 Å². The van der Waals surface area contributed by atoms with Gasteiger partial charge in [0.05, 0.1) is 30.4 Å². The predicted octanol–water partition coefficient (Wildman–Crippen LogP) is 5.78. The molecule has 3 saturated carbocycles. The van der Waals surface area contributed by atoms with E-state index in [4.69, 9.17) is 35.6 Å². The molecule has 5 aliphatic heterocycles. The van der Waals surface area contributed by atoms with Crippen LogP contribution in [0.3, 0.4) is 0 Å². The molecule has 3 amide bonds. The largest absolute Gasteiger partial charge is 0.508 e. The minimum atomic E-state index is -0.797. The number of fused-ring (bicyclic) bond motifs is 3. The van der Waals surface area contributed by atoms with Gasteiger partial charge >= 0.3 is 6.01 Å². The highest BCUT2D eigenvalue weighted by molar-refractivity contribution is 6.06. The van der Waals surface area contributed by atoms with Crippen molar-refractivity contribution >= 4 is 50.9 Å². The average molecular weight is 994 g/mol. The second-order valence-electron chi connectivity index (χ2n) is 21.8. The van der Waals surface area contributed by atoms with Gasteiger partial charge in [-0.15, -0.1) is 6.42 Å². The summed E-state index contributed by atoms with van der Waals surface area (Å²) in [7, 11) is 1.46. The Balaban J connectivity index is 0.675. The molecule has 5 aromatic rings. The first-order valence-corrected chi connectivity index (χ1v) is 25.8. The van der Waals surface area contributed by atoms with E-state index in [0.29, 0.717) is 60.8 Å².